The lowest BCUT2D eigenvalue weighted by Crippen LogP contribution is -2.58. The summed E-state index contributed by atoms with van der Waals surface area (Å²) in [5.41, 5.74) is 5.03. The predicted molar refractivity (Wildman–Crippen MR) is 152 cm³/mol. The Bertz CT molecular complexity index is 1100. The fourth-order valence-corrected chi connectivity index (χ4v) is 6.47. The maximum Gasteiger partial charge on any atom is 0.135 e. The Morgan fingerprint density at radius 2 is 1.89 bits per heavy atom. The lowest BCUT2D eigenvalue weighted by molar-refractivity contribution is -0.0403. The molecule has 7 nitrogen and oxygen atoms in total. The minimum Gasteiger partial charge on any atom is -0.388 e. The number of aromatic nitrogens is 1. The minimum atomic E-state index is -0.298. The van der Waals surface area contributed by atoms with Crippen molar-refractivity contribution in [1.29, 1.82) is 5.26 Å². The van der Waals surface area contributed by atoms with Gasteiger partial charge in [-0.1, -0.05) is 12.1 Å². The Kier molecular flexibility index (Phi) is 9.02. The smallest absolute Gasteiger partial charge is 0.135 e. The first-order valence-corrected chi connectivity index (χ1v) is 14.2. The average molecular weight is 524 g/mol. The van der Waals surface area contributed by atoms with Crippen molar-refractivity contribution in [2.45, 2.75) is 69.9 Å². The number of piperazine rings is 1. The number of anilines is 2. The van der Waals surface area contributed by atoms with Crippen molar-refractivity contribution in [1.82, 2.24) is 9.88 Å². The number of nitrogens with zero attached hydrogens (tertiary/aromatic N) is 4. The molecule has 2 aliphatic heterocycles. The highest BCUT2D eigenvalue weighted by molar-refractivity contribution is 7.99. The van der Waals surface area contributed by atoms with E-state index in [2.05, 4.69) is 73.1 Å². The SMILES string of the molecule is CNc1ccc(CCSc2nc(N3CC(C)N(CCOC)C(C)C3)c3c(c2C#N)CC(C)(C)OC3)cc1. The predicted octanol–water partition coefficient (Wildman–Crippen LogP) is 4.73. The summed E-state index contributed by atoms with van der Waals surface area (Å²) in [6.45, 7) is 12.7. The Morgan fingerprint density at radius 1 is 1.19 bits per heavy atom. The van der Waals surface area contributed by atoms with E-state index >= 15 is 0 Å². The molecule has 37 heavy (non-hydrogen) atoms. The quantitative estimate of drug-likeness (QED) is 0.473. The first-order valence-electron chi connectivity index (χ1n) is 13.2. The highest BCUT2D eigenvalue weighted by Gasteiger charge is 2.36. The normalized spacial score (nSPS) is 21.4. The van der Waals surface area contributed by atoms with Gasteiger partial charge >= 0.3 is 0 Å². The van der Waals surface area contributed by atoms with Crippen LogP contribution in [0.2, 0.25) is 0 Å². The van der Waals surface area contributed by atoms with Crippen molar-refractivity contribution >= 4 is 23.3 Å². The number of rotatable bonds is 9. The van der Waals surface area contributed by atoms with E-state index in [0.29, 0.717) is 18.7 Å². The number of methoxy groups -OCH3 is 1. The summed E-state index contributed by atoms with van der Waals surface area (Å²) in [6.07, 6.45) is 1.65. The summed E-state index contributed by atoms with van der Waals surface area (Å²) in [5.74, 6) is 1.87. The van der Waals surface area contributed by atoms with Crippen LogP contribution in [0.25, 0.3) is 0 Å². The first kappa shape index (κ1) is 27.7. The molecule has 3 heterocycles. The van der Waals surface area contributed by atoms with Crippen molar-refractivity contribution in [3.8, 4) is 6.07 Å². The molecule has 0 radical (unpaired) electrons. The maximum atomic E-state index is 10.2. The molecular formula is C29H41N5O2S. The van der Waals surface area contributed by atoms with Crippen molar-refractivity contribution in [2.75, 3.05) is 56.4 Å². The highest BCUT2D eigenvalue weighted by atomic mass is 32.2. The standard InChI is InChI=1S/C29H41N5O2S/c1-20-17-33(18-21(2)34(20)12-13-35-6)27-26-19-36-29(3,4)15-24(26)25(16-30)28(32-27)37-14-11-22-7-9-23(31-5)10-8-22/h7-10,20-21,31H,11-15,17-19H2,1-6H3. The fraction of sp³-hybridized carbons (Fsp3) is 0.586. The van der Waals surface area contributed by atoms with Gasteiger partial charge in [0.25, 0.3) is 0 Å². The van der Waals surface area contributed by atoms with Crippen LogP contribution in [0.3, 0.4) is 0 Å². The van der Waals surface area contributed by atoms with Crippen LogP contribution in [0, 0.1) is 11.3 Å². The second-order valence-electron chi connectivity index (χ2n) is 10.8. The summed E-state index contributed by atoms with van der Waals surface area (Å²) in [4.78, 5) is 10.1. The number of benzene rings is 1. The zero-order valence-corrected chi connectivity index (χ0v) is 24.0. The summed E-state index contributed by atoms with van der Waals surface area (Å²) in [5, 5.41) is 14.3. The van der Waals surface area contributed by atoms with Crippen LogP contribution in [0.1, 0.15) is 49.9 Å². The van der Waals surface area contributed by atoms with Crippen molar-refractivity contribution in [3.05, 3.63) is 46.5 Å². The van der Waals surface area contributed by atoms with Gasteiger partial charge in [0.05, 0.1) is 24.4 Å². The van der Waals surface area contributed by atoms with Gasteiger partial charge in [0, 0.05) is 69.3 Å². The van der Waals surface area contributed by atoms with E-state index in [1.165, 1.54) is 5.56 Å². The van der Waals surface area contributed by atoms with E-state index < -0.39 is 0 Å². The van der Waals surface area contributed by atoms with Crippen LogP contribution in [-0.2, 0) is 28.9 Å². The third-order valence-electron chi connectivity index (χ3n) is 7.51. The summed E-state index contributed by atoms with van der Waals surface area (Å²) in [6, 6.07) is 11.8. The molecule has 1 saturated heterocycles. The topological polar surface area (TPSA) is 73.7 Å². The minimum absolute atomic E-state index is 0.298. The molecule has 200 valence electrons. The Labute approximate surface area is 226 Å². The molecular weight excluding hydrogens is 482 g/mol. The molecule has 2 aliphatic rings. The molecule has 1 N–H and O–H groups in total. The van der Waals surface area contributed by atoms with E-state index in [1.54, 1.807) is 18.9 Å². The zero-order valence-electron chi connectivity index (χ0n) is 23.1. The number of hydrogen-bond acceptors (Lipinski definition) is 8. The lowest BCUT2D eigenvalue weighted by atomic mass is 9.89. The van der Waals surface area contributed by atoms with Crippen molar-refractivity contribution < 1.29 is 9.47 Å². The number of pyridine rings is 1. The Hall–Kier alpha value is -2.31. The second kappa shape index (κ2) is 12.0. The Balaban J connectivity index is 1.62. The van der Waals surface area contributed by atoms with E-state index in [1.807, 2.05) is 7.05 Å². The van der Waals surface area contributed by atoms with Gasteiger partial charge in [-0.2, -0.15) is 5.26 Å². The van der Waals surface area contributed by atoms with E-state index in [4.69, 9.17) is 14.5 Å². The van der Waals surface area contributed by atoms with Gasteiger partial charge in [-0.05, 0) is 57.4 Å². The third kappa shape index (κ3) is 6.40. The molecule has 0 spiro atoms. The summed E-state index contributed by atoms with van der Waals surface area (Å²) >= 11 is 1.70. The Morgan fingerprint density at radius 3 is 2.51 bits per heavy atom. The lowest BCUT2D eigenvalue weighted by Gasteiger charge is -2.46. The van der Waals surface area contributed by atoms with Gasteiger partial charge in [0.1, 0.15) is 16.9 Å². The number of fused-ring (bicyclic) bond motifs is 1. The first-order chi connectivity index (χ1) is 17.8. The van der Waals surface area contributed by atoms with Crippen LogP contribution >= 0.6 is 11.8 Å². The number of thioether (sulfide) groups is 1. The van der Waals surface area contributed by atoms with Gasteiger partial charge in [0.15, 0.2) is 0 Å². The highest BCUT2D eigenvalue weighted by Crippen LogP contribution is 2.39. The molecule has 0 saturated carbocycles. The van der Waals surface area contributed by atoms with Gasteiger partial charge in [0.2, 0.25) is 0 Å². The van der Waals surface area contributed by atoms with Crippen molar-refractivity contribution in [3.63, 3.8) is 0 Å². The molecule has 1 aromatic heterocycles. The average Bonchev–Trinajstić information content (AvgIpc) is 2.87. The molecule has 2 unspecified atom stereocenters. The molecule has 8 heteroatoms. The van der Waals surface area contributed by atoms with Crippen LogP contribution in [0.4, 0.5) is 11.5 Å². The maximum absolute atomic E-state index is 10.2. The van der Waals surface area contributed by atoms with Crippen LogP contribution < -0.4 is 10.2 Å². The van der Waals surface area contributed by atoms with Crippen LogP contribution in [-0.4, -0.2) is 73.7 Å². The van der Waals surface area contributed by atoms with Crippen LogP contribution in [0.5, 0.6) is 0 Å². The van der Waals surface area contributed by atoms with E-state index in [9.17, 15) is 5.26 Å². The fourth-order valence-electron chi connectivity index (χ4n) is 5.48. The number of aryl methyl sites for hydroxylation is 1. The number of ether oxygens (including phenoxy) is 2. The molecule has 1 aromatic carbocycles. The van der Waals surface area contributed by atoms with Gasteiger partial charge < -0.3 is 19.7 Å². The molecule has 2 atom stereocenters. The molecule has 2 aromatic rings. The van der Waals surface area contributed by atoms with Gasteiger partial charge in [-0.25, -0.2) is 4.98 Å². The third-order valence-corrected chi connectivity index (χ3v) is 8.48. The number of hydrogen-bond donors (Lipinski definition) is 1. The van der Waals surface area contributed by atoms with E-state index in [-0.39, 0.29) is 5.60 Å². The molecule has 0 bridgehead atoms. The monoisotopic (exact) mass is 523 g/mol. The van der Waals surface area contributed by atoms with Crippen molar-refractivity contribution in [2.24, 2.45) is 0 Å². The zero-order chi connectivity index (χ0) is 26.6. The molecule has 4 rings (SSSR count). The summed E-state index contributed by atoms with van der Waals surface area (Å²) < 4.78 is 11.6. The number of nitrogens with one attached hydrogen (secondary N) is 1. The number of nitriles is 1. The molecule has 0 amide bonds. The van der Waals surface area contributed by atoms with Gasteiger partial charge in [-0.3, -0.25) is 4.90 Å². The molecule has 0 aliphatic carbocycles. The second-order valence-corrected chi connectivity index (χ2v) is 11.9. The van der Waals surface area contributed by atoms with Crippen LogP contribution in [0.15, 0.2) is 29.3 Å². The van der Waals surface area contributed by atoms with Gasteiger partial charge in [-0.15, -0.1) is 11.8 Å². The largest absolute Gasteiger partial charge is 0.388 e. The molecule has 1 fully saturated rings. The van der Waals surface area contributed by atoms with E-state index in [0.717, 1.165) is 78.1 Å². The summed E-state index contributed by atoms with van der Waals surface area (Å²) in [7, 11) is 3.69.